The van der Waals surface area contributed by atoms with Crippen molar-refractivity contribution in [3.05, 3.63) is 35.4 Å². The summed E-state index contributed by atoms with van der Waals surface area (Å²) in [5.74, 6) is 0. The van der Waals surface area contributed by atoms with Crippen molar-refractivity contribution in [2.75, 3.05) is 0 Å². The van der Waals surface area contributed by atoms with Crippen LogP contribution in [-0.4, -0.2) is 0 Å². The minimum absolute atomic E-state index is 0.677. The van der Waals surface area contributed by atoms with Gasteiger partial charge in [0.15, 0.2) is 0 Å². The van der Waals surface area contributed by atoms with Gasteiger partial charge in [-0.2, -0.15) is 0 Å². The van der Waals surface area contributed by atoms with E-state index in [1.165, 1.54) is 25.7 Å². The Kier molecular flexibility index (Phi) is 7.95. The van der Waals surface area contributed by atoms with E-state index in [0.717, 1.165) is 0 Å². The molecule has 1 aromatic carbocycles. The average molecular weight is 234 g/mol. The number of benzene rings is 1. The molecule has 3 rings (SSSR count). The van der Waals surface area contributed by atoms with Gasteiger partial charge in [0.05, 0.1) is 0 Å². The van der Waals surface area contributed by atoms with Gasteiger partial charge in [-0.3, -0.25) is 0 Å². The lowest BCUT2D eigenvalue weighted by atomic mass is 9.99. The van der Waals surface area contributed by atoms with E-state index in [-0.39, 0.29) is 0 Å². The summed E-state index contributed by atoms with van der Waals surface area (Å²) in [6.07, 6.45) is 5.65. The van der Waals surface area contributed by atoms with E-state index in [9.17, 15) is 0 Å². The second-order valence-corrected chi connectivity index (χ2v) is 3.94. The van der Waals surface area contributed by atoms with Crippen LogP contribution in [0.3, 0.4) is 0 Å². The lowest BCUT2D eigenvalue weighted by Gasteiger charge is -2.05. The summed E-state index contributed by atoms with van der Waals surface area (Å²) in [7, 11) is 0. The molecule has 98 valence electrons. The Morgan fingerprint density at radius 3 is 1.82 bits per heavy atom. The molecule has 0 heterocycles. The van der Waals surface area contributed by atoms with Crippen molar-refractivity contribution in [3.8, 4) is 0 Å². The number of rotatable bonds is 0. The van der Waals surface area contributed by atoms with Gasteiger partial charge in [-0.1, -0.05) is 65.8 Å². The monoisotopic (exact) mass is 234 g/mol. The Hall–Kier alpha value is -0.780. The molecule has 0 bridgehead atoms. The number of aryl methyl sites for hydroxylation is 1. The molecule has 17 heavy (non-hydrogen) atoms. The fraction of sp³-hybridized carbons (Fsp3) is 0.647. The first-order valence-corrected chi connectivity index (χ1v) is 7.49. The highest BCUT2D eigenvalue weighted by Crippen LogP contribution is 2.56. The van der Waals surface area contributed by atoms with Crippen LogP contribution in [0.5, 0.6) is 0 Å². The molecule has 1 aromatic rings. The molecular formula is C17H30. The number of hydrogen-bond donors (Lipinski definition) is 0. The van der Waals surface area contributed by atoms with Crippen LogP contribution in [0, 0.1) is 0 Å². The number of fused-ring (bicyclic) bond motifs is 2. The molecule has 0 amide bonds. The minimum Gasteiger partial charge on any atom is -0.0683 e. The largest absolute Gasteiger partial charge is 0.0683 e. The van der Waals surface area contributed by atoms with Crippen LogP contribution < -0.4 is 0 Å². The highest BCUT2D eigenvalue weighted by molar-refractivity contribution is 5.43. The van der Waals surface area contributed by atoms with Gasteiger partial charge in [0.2, 0.25) is 0 Å². The smallest absolute Gasteiger partial charge is 0.00404 e. The van der Waals surface area contributed by atoms with E-state index < -0.39 is 0 Å². The van der Waals surface area contributed by atoms with Crippen molar-refractivity contribution in [1.82, 2.24) is 0 Å². The SMILES string of the molecule is CC.CC.CC.c1ccc2c(c1)CCC21CC1. The van der Waals surface area contributed by atoms with E-state index in [1.807, 2.05) is 41.5 Å². The summed E-state index contributed by atoms with van der Waals surface area (Å²) in [6.45, 7) is 12.0. The molecule has 0 N–H and O–H groups in total. The number of hydrogen-bond acceptors (Lipinski definition) is 0. The Morgan fingerprint density at radius 2 is 1.29 bits per heavy atom. The second kappa shape index (κ2) is 8.33. The third-order valence-electron chi connectivity index (χ3n) is 3.32. The van der Waals surface area contributed by atoms with Gasteiger partial charge in [0.25, 0.3) is 0 Å². The third kappa shape index (κ3) is 3.59. The van der Waals surface area contributed by atoms with Gasteiger partial charge in [-0.05, 0) is 42.2 Å². The molecular weight excluding hydrogens is 204 g/mol. The molecule has 2 aliphatic carbocycles. The molecule has 0 aliphatic heterocycles. The summed E-state index contributed by atoms with van der Waals surface area (Å²) >= 11 is 0. The lowest BCUT2D eigenvalue weighted by Crippen LogP contribution is -1.98. The Morgan fingerprint density at radius 1 is 0.765 bits per heavy atom. The zero-order valence-corrected chi connectivity index (χ0v) is 12.6. The minimum atomic E-state index is 0.677. The fourth-order valence-electron chi connectivity index (χ4n) is 2.43. The highest BCUT2D eigenvalue weighted by atomic mass is 14.5. The maximum Gasteiger partial charge on any atom is -0.00404 e. The van der Waals surface area contributed by atoms with Gasteiger partial charge in [-0.25, -0.2) is 0 Å². The first-order chi connectivity index (χ1) is 8.41. The van der Waals surface area contributed by atoms with Crippen molar-refractivity contribution in [1.29, 1.82) is 0 Å². The summed E-state index contributed by atoms with van der Waals surface area (Å²) in [5.41, 5.74) is 3.96. The van der Waals surface area contributed by atoms with Crippen molar-refractivity contribution >= 4 is 0 Å². The summed E-state index contributed by atoms with van der Waals surface area (Å²) < 4.78 is 0. The van der Waals surface area contributed by atoms with Gasteiger partial charge >= 0.3 is 0 Å². The summed E-state index contributed by atoms with van der Waals surface area (Å²) in [5, 5.41) is 0. The van der Waals surface area contributed by atoms with Crippen LogP contribution in [-0.2, 0) is 11.8 Å². The molecule has 0 radical (unpaired) electrons. The zero-order valence-electron chi connectivity index (χ0n) is 12.6. The highest BCUT2D eigenvalue weighted by Gasteiger charge is 2.47. The second-order valence-electron chi connectivity index (χ2n) is 3.94. The van der Waals surface area contributed by atoms with Crippen LogP contribution in [0.2, 0.25) is 0 Å². The maximum atomic E-state index is 2.33. The predicted molar refractivity (Wildman–Crippen MR) is 79.7 cm³/mol. The molecule has 0 nitrogen and oxygen atoms in total. The van der Waals surface area contributed by atoms with Crippen LogP contribution in [0.4, 0.5) is 0 Å². The van der Waals surface area contributed by atoms with Crippen molar-refractivity contribution in [2.45, 2.75) is 72.6 Å². The topological polar surface area (TPSA) is 0 Å². The third-order valence-corrected chi connectivity index (χ3v) is 3.32. The molecule has 1 spiro atoms. The van der Waals surface area contributed by atoms with Crippen LogP contribution in [0.1, 0.15) is 71.9 Å². The normalized spacial score (nSPS) is 16.4. The quantitative estimate of drug-likeness (QED) is 0.536. The molecule has 0 atom stereocenters. The Bertz CT molecular complexity index is 295. The van der Waals surface area contributed by atoms with E-state index in [4.69, 9.17) is 0 Å². The predicted octanol–water partition coefficient (Wildman–Crippen LogP) is 5.74. The molecule has 2 aliphatic rings. The standard InChI is InChI=1S/C11H12.3C2H6/c1-2-4-10-9(3-1)5-6-11(10)7-8-11;3*1-2/h1-4H,5-8H2;3*1-2H3. The molecule has 0 heteroatoms. The van der Waals surface area contributed by atoms with Gasteiger partial charge in [0.1, 0.15) is 0 Å². The Labute approximate surface area is 108 Å². The average Bonchev–Trinajstić information content (AvgIpc) is 3.15. The van der Waals surface area contributed by atoms with E-state index >= 15 is 0 Å². The van der Waals surface area contributed by atoms with Crippen molar-refractivity contribution in [3.63, 3.8) is 0 Å². The molecule has 1 saturated carbocycles. The lowest BCUT2D eigenvalue weighted by molar-refractivity contribution is 0.681. The zero-order chi connectivity index (χ0) is 13.3. The van der Waals surface area contributed by atoms with E-state index in [0.29, 0.717) is 5.41 Å². The van der Waals surface area contributed by atoms with Crippen LogP contribution >= 0.6 is 0 Å². The first-order valence-electron chi connectivity index (χ1n) is 7.49. The van der Waals surface area contributed by atoms with Crippen molar-refractivity contribution in [2.24, 2.45) is 0 Å². The van der Waals surface area contributed by atoms with Gasteiger partial charge < -0.3 is 0 Å². The summed E-state index contributed by atoms with van der Waals surface area (Å²) in [4.78, 5) is 0. The van der Waals surface area contributed by atoms with Crippen LogP contribution in [0.25, 0.3) is 0 Å². The van der Waals surface area contributed by atoms with E-state index in [2.05, 4.69) is 24.3 Å². The first kappa shape index (κ1) is 16.2. The van der Waals surface area contributed by atoms with Crippen LogP contribution in [0.15, 0.2) is 24.3 Å². The molecule has 0 saturated heterocycles. The molecule has 0 aromatic heterocycles. The van der Waals surface area contributed by atoms with Crippen molar-refractivity contribution < 1.29 is 0 Å². The Balaban J connectivity index is 0.000000379. The maximum absolute atomic E-state index is 2.33. The molecule has 0 unspecified atom stereocenters. The van der Waals surface area contributed by atoms with Gasteiger partial charge in [0, 0.05) is 0 Å². The molecule has 1 fully saturated rings. The van der Waals surface area contributed by atoms with E-state index in [1.54, 1.807) is 11.1 Å². The summed E-state index contributed by atoms with van der Waals surface area (Å²) in [6, 6.07) is 8.97. The fourth-order valence-corrected chi connectivity index (χ4v) is 2.43. The van der Waals surface area contributed by atoms with Gasteiger partial charge in [-0.15, -0.1) is 0 Å².